The summed E-state index contributed by atoms with van der Waals surface area (Å²) >= 11 is 0. The molecule has 6 heteroatoms. The molecule has 0 saturated carbocycles. The Morgan fingerprint density at radius 3 is 0.747 bits per heavy atom. The summed E-state index contributed by atoms with van der Waals surface area (Å²) in [6.45, 7) is 6.38. The lowest BCUT2D eigenvalue weighted by molar-refractivity contribution is -0.167. The topological polar surface area (TPSA) is 78.9 Å². The maximum atomic E-state index is 12.9. The quantitative estimate of drug-likeness (QED) is 0.0261. The van der Waals surface area contributed by atoms with Gasteiger partial charge in [0.05, 0.1) is 0 Å². The summed E-state index contributed by atoms with van der Waals surface area (Å²) < 4.78 is 16.9. The molecule has 0 N–H and O–H groups in total. The average molecular weight is 1150 g/mol. The van der Waals surface area contributed by atoms with Gasteiger partial charge in [-0.3, -0.25) is 14.4 Å². The third-order valence-electron chi connectivity index (χ3n) is 14.0. The molecule has 6 nitrogen and oxygen atoms in total. The first-order valence-electron chi connectivity index (χ1n) is 34.0. The van der Waals surface area contributed by atoms with Gasteiger partial charge in [0.1, 0.15) is 13.2 Å². The molecule has 0 heterocycles. The van der Waals surface area contributed by atoms with Gasteiger partial charge in [0.25, 0.3) is 0 Å². The van der Waals surface area contributed by atoms with E-state index in [4.69, 9.17) is 14.2 Å². The van der Waals surface area contributed by atoms with Crippen molar-refractivity contribution in [3.8, 4) is 0 Å². The molecule has 0 bridgehead atoms. The first kappa shape index (κ1) is 78.0. The van der Waals surface area contributed by atoms with Crippen LogP contribution in [0.4, 0.5) is 0 Å². The highest BCUT2D eigenvalue weighted by atomic mass is 16.6. The summed E-state index contributed by atoms with van der Waals surface area (Å²) in [6, 6.07) is 0. The number of esters is 3. The molecular weight excluding hydrogens is 1020 g/mol. The molecular formula is C77H124O6. The highest BCUT2D eigenvalue weighted by Crippen LogP contribution is 2.15. The van der Waals surface area contributed by atoms with E-state index in [2.05, 4.69) is 179 Å². The standard InChI is InChI=1S/C77H124O6/c1-4-7-10-13-16-19-22-25-28-30-32-33-34-35-36-37-38-39-40-41-42-43-45-46-49-52-55-58-61-64-67-70-76(79)82-73-74(72-81-75(78)69-66-63-60-57-54-51-48-27-24-21-18-15-12-9-6-3)83-77(80)71-68-65-62-59-56-53-50-47-44-31-29-26-23-20-17-14-11-8-5-2/h7-8,10-11,16-17,19-20,25-29,32-33,35-36,38-39,41-42,44-48,74H,4-6,9,12-15,18,21-24,30-31,34,37,40,43,49-73H2,1-3H3/b10-7-,11-8-,19-16-,20-17-,28-25-,29-26-,33-32-,36-35-,39-38-,42-41-,46-45-,47-44-,48-27-. The zero-order chi connectivity index (χ0) is 59.9. The van der Waals surface area contributed by atoms with Crippen molar-refractivity contribution in [1.82, 2.24) is 0 Å². The smallest absolute Gasteiger partial charge is 0.306 e. The normalized spacial score (nSPS) is 13.1. The van der Waals surface area contributed by atoms with Gasteiger partial charge in [-0.2, -0.15) is 0 Å². The fraction of sp³-hybridized carbons (Fsp3) is 0.623. The lowest BCUT2D eigenvalue weighted by atomic mass is 10.1. The Bertz CT molecular complexity index is 1840. The number of carbonyl (C=O) groups is 3. The van der Waals surface area contributed by atoms with Crippen molar-refractivity contribution in [3.63, 3.8) is 0 Å². The Hall–Kier alpha value is -4.97. The number of unbranched alkanes of at least 4 members (excludes halogenated alkanes) is 23. The number of rotatable bonds is 60. The molecule has 0 radical (unpaired) electrons. The van der Waals surface area contributed by atoms with E-state index < -0.39 is 6.10 Å². The van der Waals surface area contributed by atoms with Gasteiger partial charge >= 0.3 is 17.9 Å². The molecule has 0 fully saturated rings. The van der Waals surface area contributed by atoms with Crippen molar-refractivity contribution >= 4 is 17.9 Å². The second-order valence-corrected chi connectivity index (χ2v) is 22.0. The van der Waals surface area contributed by atoms with Gasteiger partial charge in [-0.25, -0.2) is 0 Å². The third kappa shape index (κ3) is 67.7. The molecule has 468 valence electrons. The molecule has 1 atom stereocenters. The Balaban J connectivity index is 4.41. The molecule has 0 aromatic rings. The van der Waals surface area contributed by atoms with Crippen LogP contribution >= 0.6 is 0 Å². The van der Waals surface area contributed by atoms with Crippen LogP contribution in [0.15, 0.2) is 158 Å². The van der Waals surface area contributed by atoms with Gasteiger partial charge in [-0.1, -0.05) is 281 Å². The largest absolute Gasteiger partial charge is 0.462 e. The summed E-state index contributed by atoms with van der Waals surface area (Å²) in [6.07, 6.45) is 101. The van der Waals surface area contributed by atoms with E-state index in [1.54, 1.807) is 0 Å². The highest BCUT2D eigenvalue weighted by molar-refractivity contribution is 5.71. The van der Waals surface area contributed by atoms with Crippen LogP contribution in [0, 0.1) is 0 Å². The minimum Gasteiger partial charge on any atom is -0.462 e. The number of hydrogen-bond acceptors (Lipinski definition) is 6. The number of carbonyl (C=O) groups excluding carboxylic acids is 3. The van der Waals surface area contributed by atoms with Crippen LogP contribution in [-0.4, -0.2) is 37.2 Å². The van der Waals surface area contributed by atoms with Crippen molar-refractivity contribution in [2.75, 3.05) is 13.2 Å². The van der Waals surface area contributed by atoms with E-state index in [1.807, 2.05) is 0 Å². The Kier molecular flexibility index (Phi) is 65.4. The summed E-state index contributed by atoms with van der Waals surface area (Å²) in [5.41, 5.74) is 0. The molecule has 0 spiro atoms. The summed E-state index contributed by atoms with van der Waals surface area (Å²) in [7, 11) is 0. The van der Waals surface area contributed by atoms with E-state index in [0.717, 1.165) is 173 Å². The van der Waals surface area contributed by atoms with Crippen molar-refractivity contribution in [2.45, 2.75) is 297 Å². The minimum absolute atomic E-state index is 0.0981. The van der Waals surface area contributed by atoms with Crippen LogP contribution in [0.3, 0.4) is 0 Å². The first-order valence-corrected chi connectivity index (χ1v) is 34.0. The van der Waals surface area contributed by atoms with Gasteiger partial charge in [-0.15, -0.1) is 0 Å². The molecule has 0 aromatic heterocycles. The third-order valence-corrected chi connectivity index (χ3v) is 14.0. The maximum absolute atomic E-state index is 12.9. The lowest BCUT2D eigenvalue weighted by Crippen LogP contribution is -2.30. The predicted molar refractivity (Wildman–Crippen MR) is 362 cm³/mol. The molecule has 0 saturated heterocycles. The zero-order valence-electron chi connectivity index (χ0n) is 53.7. The van der Waals surface area contributed by atoms with Gasteiger partial charge in [0, 0.05) is 19.3 Å². The van der Waals surface area contributed by atoms with Crippen molar-refractivity contribution < 1.29 is 28.6 Å². The highest BCUT2D eigenvalue weighted by Gasteiger charge is 2.19. The fourth-order valence-electron chi connectivity index (χ4n) is 8.97. The van der Waals surface area contributed by atoms with Crippen LogP contribution < -0.4 is 0 Å². The Morgan fingerprint density at radius 1 is 0.253 bits per heavy atom. The van der Waals surface area contributed by atoms with E-state index in [1.165, 1.54) is 77.0 Å². The SMILES string of the molecule is CC/C=C\C/C=C\C/C=C\C/C=C\C/C=C\C/C=C\C/C=C\C/C=C\CCCCCCCCC(=O)OCC(COC(=O)CCCCCCC/C=C\CCCCCCCC)OC(=O)CCCCCCCC/C=C\C/C=C\C/C=C\C/C=C\CC. The first-order chi connectivity index (χ1) is 41.0. The minimum atomic E-state index is -0.804. The van der Waals surface area contributed by atoms with E-state index in [9.17, 15) is 14.4 Å². The van der Waals surface area contributed by atoms with Crippen LogP contribution in [0.2, 0.25) is 0 Å². The molecule has 0 aromatic carbocycles. The van der Waals surface area contributed by atoms with Gasteiger partial charge < -0.3 is 14.2 Å². The second kappa shape index (κ2) is 69.5. The van der Waals surface area contributed by atoms with Crippen LogP contribution in [0.25, 0.3) is 0 Å². The van der Waals surface area contributed by atoms with Crippen LogP contribution in [0.1, 0.15) is 290 Å². The summed E-state index contributed by atoms with van der Waals surface area (Å²) in [5.74, 6) is -0.934. The molecule has 0 aliphatic heterocycles. The number of hydrogen-bond donors (Lipinski definition) is 0. The van der Waals surface area contributed by atoms with Crippen molar-refractivity contribution in [2.24, 2.45) is 0 Å². The second-order valence-electron chi connectivity index (χ2n) is 22.0. The van der Waals surface area contributed by atoms with Crippen molar-refractivity contribution in [1.29, 1.82) is 0 Å². The number of allylic oxidation sites excluding steroid dienone is 26. The Morgan fingerprint density at radius 2 is 0.470 bits per heavy atom. The molecule has 1 unspecified atom stereocenters. The van der Waals surface area contributed by atoms with Crippen LogP contribution in [-0.2, 0) is 28.6 Å². The summed E-state index contributed by atoms with van der Waals surface area (Å²) in [4.78, 5) is 38.4. The molecule has 0 amide bonds. The molecule has 0 aliphatic carbocycles. The lowest BCUT2D eigenvalue weighted by Gasteiger charge is -2.18. The van der Waals surface area contributed by atoms with Gasteiger partial charge in [0.15, 0.2) is 6.10 Å². The van der Waals surface area contributed by atoms with Crippen LogP contribution in [0.5, 0.6) is 0 Å². The molecule has 0 rings (SSSR count). The van der Waals surface area contributed by atoms with Crippen molar-refractivity contribution in [3.05, 3.63) is 158 Å². The van der Waals surface area contributed by atoms with E-state index in [-0.39, 0.29) is 31.1 Å². The average Bonchev–Trinajstić information content (AvgIpc) is 3.49. The molecule has 0 aliphatic rings. The number of ether oxygens (including phenoxy) is 3. The monoisotopic (exact) mass is 1140 g/mol. The zero-order valence-corrected chi connectivity index (χ0v) is 53.7. The summed E-state index contributed by atoms with van der Waals surface area (Å²) in [5, 5.41) is 0. The van der Waals surface area contributed by atoms with Gasteiger partial charge in [0.2, 0.25) is 0 Å². The van der Waals surface area contributed by atoms with E-state index in [0.29, 0.717) is 19.3 Å². The Labute approximate surface area is 511 Å². The van der Waals surface area contributed by atoms with E-state index >= 15 is 0 Å². The molecule has 83 heavy (non-hydrogen) atoms. The maximum Gasteiger partial charge on any atom is 0.306 e. The predicted octanol–water partition coefficient (Wildman–Crippen LogP) is 23.7. The van der Waals surface area contributed by atoms with Gasteiger partial charge in [-0.05, 0) is 148 Å². The fourth-order valence-corrected chi connectivity index (χ4v) is 8.97.